The first-order valence-corrected chi connectivity index (χ1v) is 11.5. The van der Waals surface area contributed by atoms with E-state index in [9.17, 15) is 13.2 Å². The van der Waals surface area contributed by atoms with Crippen LogP contribution >= 0.6 is 0 Å². The van der Waals surface area contributed by atoms with E-state index in [2.05, 4.69) is 19.2 Å². The topological polar surface area (TPSA) is 79.0 Å². The van der Waals surface area contributed by atoms with Crippen LogP contribution in [-0.2, 0) is 14.8 Å². The van der Waals surface area contributed by atoms with E-state index in [0.29, 0.717) is 38.5 Å². The minimum Gasteiger partial charge on any atom is -0.365 e. The molecular weight excluding hydrogens is 378 g/mol. The third kappa shape index (κ3) is 3.31. The van der Waals surface area contributed by atoms with Crippen molar-refractivity contribution in [3.8, 4) is 0 Å². The van der Waals surface area contributed by atoms with Crippen molar-refractivity contribution in [1.29, 1.82) is 0 Å². The van der Waals surface area contributed by atoms with E-state index in [-0.39, 0.29) is 12.1 Å². The summed E-state index contributed by atoms with van der Waals surface area (Å²) in [6, 6.07) is 7.44. The number of anilines is 1. The fraction of sp³-hybridized carbons (Fsp3) is 0.650. The van der Waals surface area contributed by atoms with Gasteiger partial charge in [0.25, 0.3) is 0 Å². The molecule has 1 spiro atoms. The molecule has 154 valence electrons. The zero-order valence-electron chi connectivity index (χ0n) is 16.7. The molecule has 2 amide bonds. The Kier molecular flexibility index (Phi) is 4.92. The fourth-order valence-corrected chi connectivity index (χ4v) is 6.94. The van der Waals surface area contributed by atoms with E-state index >= 15 is 0 Å². The first-order chi connectivity index (χ1) is 13.2. The normalized spacial score (nSPS) is 31.2. The summed E-state index contributed by atoms with van der Waals surface area (Å²) in [6.45, 7) is 7.72. The zero-order chi connectivity index (χ0) is 20.1. The van der Waals surface area contributed by atoms with Gasteiger partial charge in [0.05, 0.1) is 12.6 Å². The van der Waals surface area contributed by atoms with Crippen molar-refractivity contribution >= 4 is 21.7 Å². The van der Waals surface area contributed by atoms with Gasteiger partial charge in [-0.05, 0) is 37.3 Å². The Morgan fingerprint density at radius 1 is 1.32 bits per heavy atom. The Labute approximate surface area is 167 Å². The molecule has 3 fully saturated rings. The summed E-state index contributed by atoms with van der Waals surface area (Å²) in [7, 11) is -3.39. The Bertz CT molecular complexity index is 872. The number of fused-ring (bicyclic) bond motifs is 1. The van der Waals surface area contributed by atoms with Crippen molar-refractivity contribution in [2.24, 2.45) is 5.92 Å². The van der Waals surface area contributed by atoms with Crippen LogP contribution in [0, 0.1) is 12.8 Å². The molecule has 3 aliphatic heterocycles. The fourth-order valence-electron chi connectivity index (χ4n) is 4.61. The van der Waals surface area contributed by atoms with Crippen molar-refractivity contribution in [1.82, 2.24) is 9.21 Å². The average Bonchev–Trinajstić information content (AvgIpc) is 3.00. The van der Waals surface area contributed by atoms with Crippen LogP contribution in [0.1, 0.15) is 32.3 Å². The van der Waals surface area contributed by atoms with Crippen LogP contribution < -0.4 is 5.32 Å². The van der Waals surface area contributed by atoms with Crippen LogP contribution in [0.5, 0.6) is 0 Å². The highest BCUT2D eigenvalue weighted by Crippen LogP contribution is 2.46. The monoisotopic (exact) mass is 407 g/mol. The number of para-hydroxylation sites is 1. The maximum Gasteiger partial charge on any atom is 0.322 e. The summed E-state index contributed by atoms with van der Waals surface area (Å²) in [5.41, 5.74) is 0.964. The number of ether oxygens (including phenoxy) is 1. The van der Waals surface area contributed by atoms with E-state index in [1.54, 1.807) is 9.21 Å². The van der Waals surface area contributed by atoms with Gasteiger partial charge in [0.15, 0.2) is 0 Å². The molecule has 3 atom stereocenters. The van der Waals surface area contributed by atoms with E-state index in [1.165, 1.54) is 0 Å². The SMILES string of the molecule is Cc1ccccc1NC(=O)N1C[C@@H]2C[C@@H]3[C@@](C1)(CN(CCC(C)C)S3(=O)=O)O2. The lowest BCUT2D eigenvalue weighted by molar-refractivity contribution is -0.0944. The lowest BCUT2D eigenvalue weighted by Crippen LogP contribution is -2.57. The van der Waals surface area contributed by atoms with Gasteiger partial charge in [-0.2, -0.15) is 4.31 Å². The van der Waals surface area contributed by atoms with Crippen LogP contribution in [0.25, 0.3) is 0 Å². The summed E-state index contributed by atoms with van der Waals surface area (Å²) < 4.78 is 33.9. The number of amides is 2. The van der Waals surface area contributed by atoms with Crippen molar-refractivity contribution in [3.63, 3.8) is 0 Å². The molecule has 3 aliphatic rings. The largest absolute Gasteiger partial charge is 0.365 e. The number of carbonyl (C=O) groups excluding carboxylic acids is 1. The van der Waals surface area contributed by atoms with Gasteiger partial charge < -0.3 is 15.0 Å². The molecule has 0 aromatic heterocycles. The molecule has 1 aromatic rings. The second-order valence-electron chi connectivity index (χ2n) is 8.72. The van der Waals surface area contributed by atoms with E-state index in [1.807, 2.05) is 31.2 Å². The first kappa shape index (κ1) is 19.7. The summed E-state index contributed by atoms with van der Waals surface area (Å²) in [5, 5.41) is 2.42. The number of nitrogens with one attached hydrogen (secondary N) is 1. The number of benzene rings is 1. The number of hydrogen-bond acceptors (Lipinski definition) is 4. The molecule has 8 heteroatoms. The summed E-state index contributed by atoms with van der Waals surface area (Å²) in [5.74, 6) is 0.435. The van der Waals surface area contributed by atoms with E-state index in [0.717, 1.165) is 17.7 Å². The van der Waals surface area contributed by atoms with Gasteiger partial charge in [-0.1, -0.05) is 32.0 Å². The van der Waals surface area contributed by atoms with Crippen molar-refractivity contribution in [2.75, 3.05) is 31.5 Å². The third-order valence-corrected chi connectivity index (χ3v) is 8.51. The number of urea groups is 1. The van der Waals surface area contributed by atoms with Gasteiger partial charge in [-0.25, -0.2) is 13.2 Å². The van der Waals surface area contributed by atoms with Gasteiger partial charge >= 0.3 is 6.03 Å². The predicted octanol–water partition coefficient (Wildman–Crippen LogP) is 2.43. The van der Waals surface area contributed by atoms with Gasteiger partial charge in [0.2, 0.25) is 10.0 Å². The van der Waals surface area contributed by atoms with Gasteiger partial charge in [-0.3, -0.25) is 0 Å². The molecule has 1 N–H and O–H groups in total. The highest BCUT2D eigenvalue weighted by Gasteiger charge is 2.65. The van der Waals surface area contributed by atoms with E-state index < -0.39 is 20.9 Å². The summed E-state index contributed by atoms with van der Waals surface area (Å²) in [4.78, 5) is 14.6. The smallest absolute Gasteiger partial charge is 0.322 e. The molecule has 0 unspecified atom stereocenters. The number of likely N-dealkylation sites (tertiary alicyclic amines) is 1. The van der Waals surface area contributed by atoms with Crippen LogP contribution in [0.4, 0.5) is 10.5 Å². The number of nitrogens with zero attached hydrogens (tertiary/aromatic N) is 2. The van der Waals surface area contributed by atoms with Crippen molar-refractivity contribution in [2.45, 2.75) is 50.6 Å². The molecule has 3 heterocycles. The van der Waals surface area contributed by atoms with Crippen LogP contribution in [0.15, 0.2) is 24.3 Å². The molecule has 1 aromatic carbocycles. The maximum atomic E-state index is 13.1. The molecule has 0 radical (unpaired) electrons. The zero-order valence-corrected chi connectivity index (χ0v) is 17.5. The first-order valence-electron chi connectivity index (χ1n) is 9.99. The number of rotatable bonds is 4. The number of hydrogen-bond donors (Lipinski definition) is 1. The molecule has 0 saturated carbocycles. The van der Waals surface area contributed by atoms with Crippen LogP contribution in [0.2, 0.25) is 0 Å². The Hall–Kier alpha value is -1.64. The number of morpholine rings is 1. The van der Waals surface area contributed by atoms with Gasteiger partial charge in [0, 0.05) is 25.3 Å². The molecule has 4 rings (SSSR count). The van der Waals surface area contributed by atoms with Crippen LogP contribution in [0.3, 0.4) is 0 Å². The molecule has 7 nitrogen and oxygen atoms in total. The second kappa shape index (κ2) is 7.00. The van der Waals surface area contributed by atoms with Crippen molar-refractivity contribution < 1.29 is 17.9 Å². The van der Waals surface area contributed by atoms with Crippen LogP contribution in [-0.4, -0.2) is 66.8 Å². The lowest BCUT2D eigenvalue weighted by atomic mass is 9.99. The number of aryl methyl sites for hydroxylation is 1. The molecule has 2 bridgehead atoms. The van der Waals surface area contributed by atoms with Gasteiger partial charge in [0.1, 0.15) is 10.9 Å². The second-order valence-corrected chi connectivity index (χ2v) is 10.8. The Balaban J connectivity index is 1.51. The number of sulfonamides is 1. The summed E-state index contributed by atoms with van der Waals surface area (Å²) in [6.07, 6.45) is 1.07. The van der Waals surface area contributed by atoms with E-state index in [4.69, 9.17) is 4.74 Å². The highest BCUT2D eigenvalue weighted by molar-refractivity contribution is 7.90. The third-order valence-electron chi connectivity index (χ3n) is 6.14. The number of carbonyl (C=O) groups is 1. The molecule has 3 saturated heterocycles. The molecular formula is C20H29N3O4S. The minimum absolute atomic E-state index is 0.194. The lowest BCUT2D eigenvalue weighted by Gasteiger charge is -2.39. The predicted molar refractivity (Wildman–Crippen MR) is 108 cm³/mol. The standard InChI is InChI=1S/C20H29N3O4S/c1-14(2)8-9-23-13-20-12-22(11-16(27-20)10-18(20)28(23,25)26)19(24)21-17-7-5-4-6-15(17)3/h4-7,14,16,18H,8-13H2,1-3H3,(H,21,24)/t16-,18+,20+/m0/s1. The van der Waals surface area contributed by atoms with Crippen molar-refractivity contribution in [3.05, 3.63) is 29.8 Å². The summed E-state index contributed by atoms with van der Waals surface area (Å²) >= 11 is 0. The molecule has 28 heavy (non-hydrogen) atoms. The van der Waals surface area contributed by atoms with Gasteiger partial charge in [-0.15, -0.1) is 0 Å². The minimum atomic E-state index is -3.39. The Morgan fingerprint density at radius 2 is 2.07 bits per heavy atom. The quantitative estimate of drug-likeness (QED) is 0.831. The molecule has 0 aliphatic carbocycles. The highest BCUT2D eigenvalue weighted by atomic mass is 32.2. The average molecular weight is 408 g/mol. The Morgan fingerprint density at radius 3 is 2.79 bits per heavy atom. The maximum absolute atomic E-state index is 13.1.